The van der Waals surface area contributed by atoms with E-state index in [1.807, 2.05) is 0 Å². The molecule has 1 aliphatic heterocycles. The number of urea groups is 1. The molecule has 1 heterocycles. The van der Waals surface area contributed by atoms with E-state index in [-0.39, 0.29) is 42.7 Å². The van der Waals surface area contributed by atoms with Crippen LogP contribution >= 0.6 is 46.4 Å². The van der Waals surface area contributed by atoms with Gasteiger partial charge in [-0.3, -0.25) is 19.7 Å². The first-order chi connectivity index (χ1) is 14.6. The molecular formula is C19H11Cl4N3O5. The molecule has 0 radical (unpaired) electrons. The maximum atomic E-state index is 12.9. The van der Waals surface area contributed by atoms with Gasteiger partial charge in [0.25, 0.3) is 17.7 Å². The van der Waals surface area contributed by atoms with Crippen molar-refractivity contribution in [2.24, 2.45) is 5.73 Å². The zero-order valence-electron chi connectivity index (χ0n) is 15.2. The smallest absolute Gasteiger partial charge is 0.335 e. The van der Waals surface area contributed by atoms with Crippen LogP contribution in [0.4, 0.5) is 10.5 Å². The van der Waals surface area contributed by atoms with Gasteiger partial charge in [-0.05, 0) is 42.0 Å². The van der Waals surface area contributed by atoms with Crippen molar-refractivity contribution in [1.29, 1.82) is 0 Å². The van der Waals surface area contributed by atoms with E-state index in [1.165, 1.54) is 36.4 Å². The molecule has 0 aromatic heterocycles. The maximum absolute atomic E-state index is 12.9. The zero-order valence-corrected chi connectivity index (χ0v) is 18.3. The van der Waals surface area contributed by atoms with Crippen molar-refractivity contribution in [2.75, 3.05) is 11.5 Å². The van der Waals surface area contributed by atoms with Gasteiger partial charge in [0, 0.05) is 0 Å². The Balaban J connectivity index is 1.98. The van der Waals surface area contributed by atoms with Crippen LogP contribution < -0.4 is 20.7 Å². The highest BCUT2D eigenvalue weighted by Crippen LogP contribution is 2.35. The number of barbiturate groups is 1. The number of ether oxygens (including phenoxy) is 1. The van der Waals surface area contributed by atoms with Crippen molar-refractivity contribution in [2.45, 2.75) is 0 Å². The van der Waals surface area contributed by atoms with Crippen LogP contribution in [0.3, 0.4) is 0 Å². The summed E-state index contributed by atoms with van der Waals surface area (Å²) in [5.41, 5.74) is 5.05. The fraction of sp³-hybridized carbons (Fsp3) is 0.0526. The van der Waals surface area contributed by atoms with Gasteiger partial charge < -0.3 is 10.5 Å². The third-order valence-corrected chi connectivity index (χ3v) is 5.25. The Bertz CT molecular complexity index is 1140. The third kappa shape index (κ3) is 4.94. The summed E-state index contributed by atoms with van der Waals surface area (Å²) in [7, 11) is 0. The standard InChI is InChI=1S/C19H11Cl4N3O5/c20-11-2-1-9(6-12(11)21)26-18(29)10(17(28)25-19(26)30)3-8-4-13(22)16(14(23)5-8)31-7-15(24)27/h1-6H,7H2,(H2,24,27)(H,25,28,30)/b10-3+. The summed E-state index contributed by atoms with van der Waals surface area (Å²) in [4.78, 5) is 49.1. The average Bonchev–Trinajstić information content (AvgIpc) is 2.67. The molecule has 160 valence electrons. The molecule has 0 saturated carbocycles. The average molecular weight is 503 g/mol. The van der Waals surface area contributed by atoms with Crippen LogP contribution in [-0.4, -0.2) is 30.4 Å². The van der Waals surface area contributed by atoms with E-state index in [2.05, 4.69) is 5.32 Å². The minimum atomic E-state index is -0.947. The molecule has 8 nitrogen and oxygen atoms in total. The van der Waals surface area contributed by atoms with E-state index in [4.69, 9.17) is 56.9 Å². The summed E-state index contributed by atoms with van der Waals surface area (Å²) < 4.78 is 5.14. The highest BCUT2D eigenvalue weighted by atomic mass is 35.5. The van der Waals surface area contributed by atoms with Crippen molar-refractivity contribution in [3.8, 4) is 5.75 Å². The summed E-state index contributed by atoms with van der Waals surface area (Å²) in [6.45, 7) is -0.443. The predicted molar refractivity (Wildman–Crippen MR) is 117 cm³/mol. The molecule has 0 unspecified atom stereocenters. The fourth-order valence-electron chi connectivity index (χ4n) is 2.63. The second-order valence-electron chi connectivity index (χ2n) is 6.12. The van der Waals surface area contributed by atoms with Crippen molar-refractivity contribution in [1.82, 2.24) is 5.32 Å². The first kappa shape index (κ1) is 22.9. The van der Waals surface area contributed by atoms with E-state index >= 15 is 0 Å². The molecule has 0 bridgehead atoms. The first-order valence-electron chi connectivity index (χ1n) is 8.35. The van der Waals surface area contributed by atoms with Gasteiger partial charge in [0.15, 0.2) is 12.4 Å². The molecule has 1 aliphatic rings. The Hall–Kier alpha value is -2.78. The number of amides is 5. The summed E-state index contributed by atoms with van der Waals surface area (Å²) in [5.74, 6) is -2.52. The largest absolute Gasteiger partial charge is 0.481 e. The van der Waals surface area contributed by atoms with E-state index < -0.39 is 30.4 Å². The lowest BCUT2D eigenvalue weighted by atomic mass is 10.1. The molecule has 0 atom stereocenters. The number of hydrogen-bond acceptors (Lipinski definition) is 5. The second-order valence-corrected chi connectivity index (χ2v) is 7.75. The Labute approximate surface area is 195 Å². The van der Waals surface area contributed by atoms with Gasteiger partial charge in [-0.15, -0.1) is 0 Å². The summed E-state index contributed by atoms with van der Waals surface area (Å²) >= 11 is 24.1. The molecule has 31 heavy (non-hydrogen) atoms. The molecule has 1 fully saturated rings. The minimum Gasteiger partial charge on any atom is -0.481 e. The van der Waals surface area contributed by atoms with Crippen LogP contribution in [-0.2, 0) is 14.4 Å². The fourth-order valence-corrected chi connectivity index (χ4v) is 3.53. The molecule has 0 aliphatic carbocycles. The maximum Gasteiger partial charge on any atom is 0.335 e. The molecule has 2 aromatic rings. The van der Waals surface area contributed by atoms with Gasteiger partial charge in [-0.2, -0.15) is 0 Å². The van der Waals surface area contributed by atoms with Gasteiger partial charge in [0.1, 0.15) is 5.57 Å². The number of hydrogen-bond donors (Lipinski definition) is 2. The van der Waals surface area contributed by atoms with Gasteiger partial charge >= 0.3 is 6.03 Å². The SMILES string of the molecule is NC(=O)COc1c(Cl)cc(/C=C2\C(=O)NC(=O)N(c3ccc(Cl)c(Cl)c3)C2=O)cc1Cl. The van der Waals surface area contributed by atoms with E-state index in [1.54, 1.807) is 0 Å². The number of rotatable bonds is 5. The molecule has 12 heteroatoms. The second kappa shape index (κ2) is 9.15. The number of imide groups is 2. The summed E-state index contributed by atoms with van der Waals surface area (Å²) in [5, 5.41) is 2.45. The van der Waals surface area contributed by atoms with Crippen LogP contribution in [0.15, 0.2) is 35.9 Å². The molecular weight excluding hydrogens is 492 g/mol. The van der Waals surface area contributed by atoms with Crippen LogP contribution in [0.1, 0.15) is 5.56 Å². The van der Waals surface area contributed by atoms with Crippen LogP contribution in [0.25, 0.3) is 6.08 Å². The van der Waals surface area contributed by atoms with E-state index in [9.17, 15) is 19.2 Å². The Morgan fingerprint density at radius 3 is 2.23 bits per heavy atom. The molecule has 2 aromatic carbocycles. The topological polar surface area (TPSA) is 119 Å². The Morgan fingerprint density at radius 2 is 1.65 bits per heavy atom. The number of primary amides is 1. The minimum absolute atomic E-state index is 0.0105. The van der Waals surface area contributed by atoms with Gasteiger partial charge in [0.2, 0.25) is 0 Å². The van der Waals surface area contributed by atoms with E-state index in [0.29, 0.717) is 0 Å². The number of nitrogens with one attached hydrogen (secondary N) is 1. The molecule has 5 amide bonds. The van der Waals surface area contributed by atoms with Crippen molar-refractivity contribution < 1.29 is 23.9 Å². The molecule has 3 rings (SSSR count). The highest BCUT2D eigenvalue weighted by Gasteiger charge is 2.37. The number of anilines is 1. The van der Waals surface area contributed by atoms with E-state index in [0.717, 1.165) is 4.90 Å². The zero-order chi connectivity index (χ0) is 22.9. The van der Waals surface area contributed by atoms with Gasteiger partial charge in [-0.25, -0.2) is 9.69 Å². The number of benzene rings is 2. The number of nitrogens with zero attached hydrogens (tertiary/aromatic N) is 1. The first-order valence-corrected chi connectivity index (χ1v) is 9.86. The van der Waals surface area contributed by atoms with Gasteiger partial charge in [-0.1, -0.05) is 46.4 Å². The van der Waals surface area contributed by atoms with Crippen LogP contribution in [0, 0.1) is 0 Å². The predicted octanol–water partition coefficient (Wildman–Crippen LogP) is 3.83. The van der Waals surface area contributed by atoms with Gasteiger partial charge in [0.05, 0.1) is 25.8 Å². The summed E-state index contributed by atoms with van der Waals surface area (Å²) in [6, 6.07) is 5.89. The number of halogens is 4. The quantitative estimate of drug-likeness (QED) is 0.475. The number of carbonyl (C=O) groups excluding carboxylic acids is 4. The lowest BCUT2D eigenvalue weighted by Gasteiger charge is -2.26. The third-order valence-electron chi connectivity index (χ3n) is 3.95. The molecule has 3 N–H and O–H groups in total. The van der Waals surface area contributed by atoms with Crippen molar-refractivity contribution >= 4 is 81.9 Å². The Kier molecular flexibility index (Phi) is 6.76. The lowest BCUT2D eigenvalue weighted by molar-refractivity contribution is -0.123. The normalized spacial score (nSPS) is 15.3. The number of carbonyl (C=O) groups is 4. The Morgan fingerprint density at radius 1 is 1.00 bits per heavy atom. The molecule has 0 spiro atoms. The van der Waals surface area contributed by atoms with Crippen LogP contribution in [0.2, 0.25) is 20.1 Å². The van der Waals surface area contributed by atoms with Crippen molar-refractivity contribution in [3.63, 3.8) is 0 Å². The highest BCUT2D eigenvalue weighted by molar-refractivity contribution is 6.43. The number of nitrogens with two attached hydrogens (primary N) is 1. The van der Waals surface area contributed by atoms with Crippen LogP contribution in [0.5, 0.6) is 5.75 Å². The van der Waals surface area contributed by atoms with Crippen molar-refractivity contribution in [3.05, 3.63) is 61.6 Å². The summed E-state index contributed by atoms with van der Waals surface area (Å²) in [6.07, 6.45) is 1.20. The monoisotopic (exact) mass is 501 g/mol. The lowest BCUT2D eigenvalue weighted by Crippen LogP contribution is -2.54. The molecule has 1 saturated heterocycles.